The van der Waals surface area contributed by atoms with Gasteiger partial charge >= 0.3 is 0 Å². The second-order valence-corrected chi connectivity index (χ2v) is 2.86. The van der Waals surface area contributed by atoms with Gasteiger partial charge in [0.05, 0.1) is 6.54 Å². The molecule has 0 spiro atoms. The zero-order valence-corrected chi connectivity index (χ0v) is 7.49. The molecule has 0 bridgehead atoms. The molecular weight excluding hydrogens is 162 g/mol. The maximum Gasteiger partial charge on any atom is 0.236 e. The number of carbonyl (C=O) groups is 1. The zero-order valence-electron chi connectivity index (χ0n) is 6.68. The highest BCUT2D eigenvalue weighted by Gasteiger charge is 1.98. The van der Waals surface area contributed by atoms with E-state index < -0.39 is 5.91 Å². The quantitative estimate of drug-likeness (QED) is 0.498. The number of carbonyl (C=O) groups excluding carboxylic acids is 1. The van der Waals surface area contributed by atoms with Crippen LogP contribution in [0, 0.1) is 0 Å². The summed E-state index contributed by atoms with van der Waals surface area (Å²) >= 11 is 4.82. The van der Waals surface area contributed by atoms with Gasteiger partial charge in [0.15, 0.2) is 5.11 Å². The fraction of sp³-hybridized carbons (Fsp3) is 0.667. The molecule has 0 aliphatic carbocycles. The van der Waals surface area contributed by atoms with E-state index in [-0.39, 0.29) is 12.6 Å². The summed E-state index contributed by atoms with van der Waals surface area (Å²) < 4.78 is 0. The van der Waals surface area contributed by atoms with Crippen LogP contribution in [0.5, 0.6) is 0 Å². The third-order valence-electron chi connectivity index (χ3n) is 0.843. The lowest BCUT2D eigenvalue weighted by Gasteiger charge is -2.11. The van der Waals surface area contributed by atoms with Crippen molar-refractivity contribution in [1.82, 2.24) is 10.6 Å². The average molecular weight is 175 g/mol. The van der Waals surface area contributed by atoms with Crippen molar-refractivity contribution in [3.05, 3.63) is 0 Å². The third-order valence-corrected chi connectivity index (χ3v) is 1.11. The summed E-state index contributed by atoms with van der Waals surface area (Å²) in [4.78, 5) is 10.3. The lowest BCUT2D eigenvalue weighted by atomic mass is 10.4. The van der Waals surface area contributed by atoms with Gasteiger partial charge in [-0.05, 0) is 26.1 Å². The van der Waals surface area contributed by atoms with E-state index >= 15 is 0 Å². The Morgan fingerprint density at radius 1 is 1.64 bits per heavy atom. The van der Waals surface area contributed by atoms with Crippen molar-refractivity contribution < 1.29 is 4.79 Å². The van der Waals surface area contributed by atoms with Crippen LogP contribution in [0.4, 0.5) is 0 Å². The average Bonchev–Trinajstić information content (AvgIpc) is 1.82. The SMILES string of the molecule is CC(C)NC(=S)NCC(N)=O. The Morgan fingerprint density at radius 3 is 2.55 bits per heavy atom. The van der Waals surface area contributed by atoms with Crippen molar-refractivity contribution in [3.8, 4) is 0 Å². The van der Waals surface area contributed by atoms with Gasteiger partial charge in [-0.3, -0.25) is 4.79 Å². The number of nitrogens with one attached hydrogen (secondary N) is 2. The summed E-state index contributed by atoms with van der Waals surface area (Å²) in [6.07, 6.45) is 0. The van der Waals surface area contributed by atoms with Gasteiger partial charge in [-0.2, -0.15) is 0 Å². The first kappa shape index (κ1) is 10.2. The van der Waals surface area contributed by atoms with Gasteiger partial charge in [-0.15, -0.1) is 0 Å². The Labute approximate surface area is 71.5 Å². The van der Waals surface area contributed by atoms with Crippen molar-refractivity contribution in [2.24, 2.45) is 5.73 Å². The van der Waals surface area contributed by atoms with Crippen molar-refractivity contribution in [2.45, 2.75) is 19.9 Å². The first-order valence-electron chi connectivity index (χ1n) is 3.35. The van der Waals surface area contributed by atoms with Gasteiger partial charge in [-0.25, -0.2) is 0 Å². The number of primary amides is 1. The monoisotopic (exact) mass is 175 g/mol. The molecule has 64 valence electrons. The second kappa shape index (κ2) is 4.90. The van der Waals surface area contributed by atoms with E-state index in [2.05, 4.69) is 10.6 Å². The number of rotatable bonds is 3. The lowest BCUT2D eigenvalue weighted by molar-refractivity contribution is -0.116. The molecule has 0 aliphatic rings. The molecule has 0 aromatic rings. The molecule has 1 amide bonds. The van der Waals surface area contributed by atoms with Gasteiger partial charge in [0, 0.05) is 6.04 Å². The van der Waals surface area contributed by atoms with Crippen molar-refractivity contribution >= 4 is 23.2 Å². The highest BCUT2D eigenvalue weighted by atomic mass is 32.1. The van der Waals surface area contributed by atoms with Crippen LogP contribution in [0.3, 0.4) is 0 Å². The smallest absolute Gasteiger partial charge is 0.236 e. The fourth-order valence-corrected chi connectivity index (χ4v) is 0.788. The molecule has 0 rings (SSSR count). The largest absolute Gasteiger partial charge is 0.368 e. The number of thiocarbonyl (C=S) groups is 1. The van der Waals surface area contributed by atoms with Crippen LogP contribution in [0.1, 0.15) is 13.8 Å². The van der Waals surface area contributed by atoms with Crippen LogP contribution < -0.4 is 16.4 Å². The molecule has 5 heteroatoms. The Balaban J connectivity index is 3.45. The topological polar surface area (TPSA) is 67.2 Å². The minimum atomic E-state index is -0.419. The minimum absolute atomic E-state index is 0.0819. The van der Waals surface area contributed by atoms with E-state index in [4.69, 9.17) is 18.0 Å². The molecule has 0 heterocycles. The van der Waals surface area contributed by atoms with Crippen molar-refractivity contribution in [2.75, 3.05) is 6.54 Å². The summed E-state index contributed by atoms with van der Waals surface area (Å²) in [5.41, 5.74) is 4.88. The molecule has 4 nitrogen and oxygen atoms in total. The molecule has 11 heavy (non-hydrogen) atoms. The normalized spacial score (nSPS) is 9.36. The number of hydrogen-bond donors (Lipinski definition) is 3. The fourth-order valence-electron chi connectivity index (χ4n) is 0.481. The maximum absolute atomic E-state index is 10.3. The van der Waals surface area contributed by atoms with Crippen LogP contribution in [0.15, 0.2) is 0 Å². The van der Waals surface area contributed by atoms with Gasteiger partial charge < -0.3 is 16.4 Å². The van der Waals surface area contributed by atoms with Crippen LogP contribution in [-0.2, 0) is 4.79 Å². The highest BCUT2D eigenvalue weighted by molar-refractivity contribution is 7.80. The van der Waals surface area contributed by atoms with Gasteiger partial charge in [-0.1, -0.05) is 0 Å². The van der Waals surface area contributed by atoms with Gasteiger partial charge in [0.25, 0.3) is 0 Å². The van der Waals surface area contributed by atoms with Gasteiger partial charge in [0.2, 0.25) is 5.91 Å². The van der Waals surface area contributed by atoms with E-state index in [0.29, 0.717) is 5.11 Å². The summed E-state index contributed by atoms with van der Waals surface area (Å²) in [5.74, 6) is -0.419. The first-order valence-corrected chi connectivity index (χ1v) is 3.76. The lowest BCUT2D eigenvalue weighted by Crippen LogP contribution is -2.42. The molecule has 0 radical (unpaired) electrons. The molecular formula is C6H13N3OS. The first-order chi connectivity index (χ1) is 5.02. The van der Waals surface area contributed by atoms with Crippen LogP contribution in [0.25, 0.3) is 0 Å². The van der Waals surface area contributed by atoms with Gasteiger partial charge in [0.1, 0.15) is 0 Å². The zero-order chi connectivity index (χ0) is 8.85. The number of amides is 1. The Kier molecular flexibility index (Phi) is 4.52. The predicted octanol–water partition coefficient (Wildman–Crippen LogP) is -0.656. The Bertz CT molecular complexity index is 158. The summed E-state index contributed by atoms with van der Waals surface area (Å²) in [6, 6.07) is 0.267. The highest BCUT2D eigenvalue weighted by Crippen LogP contribution is 1.75. The molecule has 0 aromatic heterocycles. The molecule has 0 fully saturated rings. The molecule has 0 aliphatic heterocycles. The van der Waals surface area contributed by atoms with Crippen LogP contribution in [-0.4, -0.2) is 23.6 Å². The molecule has 0 saturated heterocycles. The molecule has 0 saturated carbocycles. The molecule has 0 atom stereocenters. The Morgan fingerprint density at radius 2 is 2.18 bits per heavy atom. The number of nitrogens with two attached hydrogens (primary N) is 1. The van der Waals surface area contributed by atoms with E-state index in [0.717, 1.165) is 0 Å². The number of hydrogen-bond acceptors (Lipinski definition) is 2. The molecule has 4 N–H and O–H groups in total. The van der Waals surface area contributed by atoms with Crippen LogP contribution in [0.2, 0.25) is 0 Å². The third kappa shape index (κ3) is 7.05. The molecule has 0 unspecified atom stereocenters. The van der Waals surface area contributed by atoms with Crippen molar-refractivity contribution in [3.63, 3.8) is 0 Å². The van der Waals surface area contributed by atoms with Crippen molar-refractivity contribution in [1.29, 1.82) is 0 Å². The summed E-state index contributed by atoms with van der Waals surface area (Å²) in [6.45, 7) is 4.00. The van der Waals surface area contributed by atoms with E-state index in [1.165, 1.54) is 0 Å². The van der Waals surface area contributed by atoms with E-state index in [1.54, 1.807) is 0 Å². The molecule has 0 aromatic carbocycles. The van der Waals surface area contributed by atoms with E-state index in [9.17, 15) is 4.79 Å². The maximum atomic E-state index is 10.3. The minimum Gasteiger partial charge on any atom is -0.368 e. The second-order valence-electron chi connectivity index (χ2n) is 2.45. The standard InChI is InChI=1S/C6H13N3OS/c1-4(2)9-6(11)8-3-5(7)10/h4H,3H2,1-2H3,(H2,7,10)(H2,8,9,11). The summed E-state index contributed by atoms with van der Waals surface area (Å²) in [5, 5.41) is 6.03. The van der Waals surface area contributed by atoms with E-state index in [1.807, 2.05) is 13.8 Å². The predicted molar refractivity (Wildman–Crippen MR) is 48.1 cm³/mol. The van der Waals surface area contributed by atoms with Crippen LogP contribution >= 0.6 is 12.2 Å². The summed E-state index contributed by atoms with van der Waals surface area (Å²) in [7, 11) is 0. The Hall–Kier alpha value is -0.840.